The van der Waals surface area contributed by atoms with E-state index in [2.05, 4.69) is 15.5 Å². The molecule has 0 radical (unpaired) electrons. The molecule has 110 valence electrons. The molecule has 2 heterocycles. The number of aromatic amines is 1. The van der Waals surface area contributed by atoms with Crippen LogP contribution in [0.1, 0.15) is 23.3 Å². The van der Waals surface area contributed by atoms with Gasteiger partial charge in [-0.2, -0.15) is 16.9 Å². The lowest BCUT2D eigenvalue weighted by Crippen LogP contribution is -2.32. The highest BCUT2D eigenvalue weighted by atomic mass is 32.2. The topological polar surface area (TPSA) is 74.8 Å². The Hall–Kier alpha value is -1.82. The lowest BCUT2D eigenvalue weighted by molar-refractivity contribution is 0.0942. The Kier molecular flexibility index (Phi) is 4.24. The molecule has 0 bridgehead atoms. The highest BCUT2D eigenvalue weighted by Crippen LogP contribution is 2.22. The van der Waals surface area contributed by atoms with Crippen LogP contribution >= 0.6 is 11.8 Å². The number of fused-ring (bicyclic) bond motifs is 1. The number of benzene rings is 1. The number of thioether (sulfide) groups is 1. The van der Waals surface area contributed by atoms with Crippen LogP contribution in [0.5, 0.6) is 0 Å². The van der Waals surface area contributed by atoms with E-state index in [0.717, 1.165) is 12.8 Å². The molecule has 0 unspecified atom stereocenters. The van der Waals surface area contributed by atoms with Gasteiger partial charge in [0.1, 0.15) is 0 Å². The predicted molar refractivity (Wildman–Crippen MR) is 84.7 cm³/mol. The van der Waals surface area contributed by atoms with E-state index in [1.54, 1.807) is 24.3 Å². The summed E-state index contributed by atoms with van der Waals surface area (Å²) in [7, 11) is 0. The summed E-state index contributed by atoms with van der Waals surface area (Å²) in [5.41, 5.74) is 0.0156. The van der Waals surface area contributed by atoms with E-state index in [4.69, 9.17) is 0 Å². The molecular formula is C15H17N3O2S. The summed E-state index contributed by atoms with van der Waals surface area (Å²) in [5, 5.41) is 10.3. The summed E-state index contributed by atoms with van der Waals surface area (Å²) < 4.78 is 0. The predicted octanol–water partition coefficient (Wildman–Crippen LogP) is 1.80. The van der Waals surface area contributed by atoms with Gasteiger partial charge in [-0.15, -0.1) is 0 Å². The Morgan fingerprint density at radius 1 is 1.29 bits per heavy atom. The summed E-state index contributed by atoms with van der Waals surface area (Å²) in [6, 6.07) is 7.03. The molecule has 2 aromatic rings. The van der Waals surface area contributed by atoms with Crippen LogP contribution in [-0.2, 0) is 0 Å². The number of nitrogens with zero attached hydrogens (tertiary/aromatic N) is 1. The zero-order chi connectivity index (χ0) is 14.7. The second-order valence-corrected chi connectivity index (χ2v) is 6.44. The molecule has 1 aromatic heterocycles. The van der Waals surface area contributed by atoms with Crippen LogP contribution in [0.25, 0.3) is 10.8 Å². The van der Waals surface area contributed by atoms with Crippen LogP contribution in [0.4, 0.5) is 0 Å². The third-order valence-electron chi connectivity index (χ3n) is 3.80. The first kappa shape index (κ1) is 14.1. The summed E-state index contributed by atoms with van der Waals surface area (Å²) in [4.78, 5) is 24.0. The van der Waals surface area contributed by atoms with Crippen LogP contribution in [0.15, 0.2) is 29.1 Å². The van der Waals surface area contributed by atoms with Crippen molar-refractivity contribution in [1.29, 1.82) is 0 Å². The number of carbonyl (C=O) groups is 1. The summed E-state index contributed by atoms with van der Waals surface area (Å²) in [6.07, 6.45) is 2.29. The number of amides is 1. The first-order valence-electron chi connectivity index (χ1n) is 7.09. The molecule has 1 aliphatic heterocycles. The lowest BCUT2D eigenvalue weighted by Gasteiger charge is -2.21. The minimum absolute atomic E-state index is 0.222. The molecule has 1 saturated heterocycles. The van der Waals surface area contributed by atoms with Gasteiger partial charge in [-0.05, 0) is 36.3 Å². The molecular weight excluding hydrogens is 286 g/mol. The quantitative estimate of drug-likeness (QED) is 0.906. The average molecular weight is 303 g/mol. The van der Waals surface area contributed by atoms with Gasteiger partial charge in [0.15, 0.2) is 5.69 Å². The van der Waals surface area contributed by atoms with Crippen LogP contribution in [0.2, 0.25) is 0 Å². The molecule has 6 heteroatoms. The van der Waals surface area contributed by atoms with E-state index in [9.17, 15) is 9.59 Å². The number of carbonyl (C=O) groups excluding carboxylic acids is 1. The number of nitrogens with one attached hydrogen (secondary N) is 2. The first-order valence-corrected chi connectivity index (χ1v) is 8.24. The van der Waals surface area contributed by atoms with Crippen LogP contribution in [-0.4, -0.2) is 34.2 Å². The molecule has 2 N–H and O–H groups in total. The third-order valence-corrected chi connectivity index (χ3v) is 4.85. The highest BCUT2D eigenvalue weighted by molar-refractivity contribution is 7.99. The van der Waals surface area contributed by atoms with Gasteiger partial charge in [0.05, 0.1) is 5.39 Å². The van der Waals surface area contributed by atoms with Crippen LogP contribution < -0.4 is 10.9 Å². The fourth-order valence-electron chi connectivity index (χ4n) is 2.56. The minimum atomic E-state index is -0.272. The molecule has 0 atom stereocenters. The van der Waals surface area contributed by atoms with Crippen molar-refractivity contribution in [2.75, 3.05) is 18.1 Å². The monoisotopic (exact) mass is 303 g/mol. The minimum Gasteiger partial charge on any atom is -0.350 e. The van der Waals surface area contributed by atoms with Gasteiger partial charge < -0.3 is 5.32 Å². The number of aromatic nitrogens is 2. The molecule has 1 aromatic carbocycles. The van der Waals surface area contributed by atoms with Crippen LogP contribution in [0.3, 0.4) is 0 Å². The summed E-state index contributed by atoms with van der Waals surface area (Å²) in [5.74, 6) is 2.66. The van der Waals surface area contributed by atoms with E-state index in [1.165, 1.54) is 11.5 Å². The largest absolute Gasteiger partial charge is 0.350 e. The molecule has 3 rings (SSSR count). The van der Waals surface area contributed by atoms with Gasteiger partial charge in [-0.1, -0.05) is 18.2 Å². The number of hydrogen-bond acceptors (Lipinski definition) is 4. The third kappa shape index (κ3) is 3.10. The second kappa shape index (κ2) is 6.30. The molecule has 21 heavy (non-hydrogen) atoms. The van der Waals surface area contributed by atoms with E-state index >= 15 is 0 Å². The zero-order valence-corrected chi connectivity index (χ0v) is 12.4. The van der Waals surface area contributed by atoms with Gasteiger partial charge in [-0.25, -0.2) is 5.10 Å². The van der Waals surface area contributed by atoms with Gasteiger partial charge in [0.25, 0.3) is 11.5 Å². The maximum absolute atomic E-state index is 12.3. The summed E-state index contributed by atoms with van der Waals surface area (Å²) in [6.45, 7) is 0.675. The Balaban J connectivity index is 1.78. The molecule has 5 nitrogen and oxygen atoms in total. The molecule has 0 saturated carbocycles. The van der Waals surface area contributed by atoms with E-state index in [1.807, 2.05) is 11.8 Å². The Morgan fingerprint density at radius 2 is 2.00 bits per heavy atom. The van der Waals surface area contributed by atoms with Crippen molar-refractivity contribution in [1.82, 2.24) is 15.5 Å². The lowest BCUT2D eigenvalue weighted by atomic mass is 10.0. The molecule has 1 aliphatic rings. The van der Waals surface area contributed by atoms with Crippen molar-refractivity contribution in [2.45, 2.75) is 12.8 Å². The maximum Gasteiger partial charge on any atom is 0.272 e. The number of rotatable bonds is 3. The zero-order valence-electron chi connectivity index (χ0n) is 11.6. The van der Waals surface area contributed by atoms with Crippen molar-refractivity contribution in [2.24, 2.45) is 5.92 Å². The Labute approximate surface area is 126 Å². The number of H-pyrrole nitrogens is 1. The van der Waals surface area contributed by atoms with Gasteiger partial charge in [0.2, 0.25) is 0 Å². The average Bonchev–Trinajstić information content (AvgIpc) is 2.54. The first-order chi connectivity index (χ1) is 10.3. The van der Waals surface area contributed by atoms with E-state index in [-0.39, 0.29) is 17.2 Å². The van der Waals surface area contributed by atoms with Crippen molar-refractivity contribution in [3.63, 3.8) is 0 Å². The van der Waals surface area contributed by atoms with E-state index in [0.29, 0.717) is 23.2 Å². The van der Waals surface area contributed by atoms with Crippen molar-refractivity contribution >= 4 is 28.4 Å². The smallest absolute Gasteiger partial charge is 0.272 e. The molecule has 0 spiro atoms. The SMILES string of the molecule is O=C(NCC1CCSCC1)c1n[nH]c(=O)c2ccccc12. The van der Waals surface area contributed by atoms with Crippen molar-refractivity contribution < 1.29 is 4.79 Å². The second-order valence-electron chi connectivity index (χ2n) is 5.21. The van der Waals surface area contributed by atoms with Gasteiger partial charge >= 0.3 is 0 Å². The Bertz CT molecular complexity index is 707. The fraction of sp³-hybridized carbons (Fsp3) is 0.400. The fourth-order valence-corrected chi connectivity index (χ4v) is 3.76. The molecule has 1 amide bonds. The maximum atomic E-state index is 12.3. The standard InChI is InChI=1S/C15H17N3O2S/c19-14-12-4-2-1-3-11(12)13(17-18-14)15(20)16-9-10-5-7-21-8-6-10/h1-4,10H,5-9H2,(H,16,20)(H,18,19). The van der Waals surface area contributed by atoms with Crippen LogP contribution in [0, 0.1) is 5.92 Å². The normalized spacial score (nSPS) is 16.0. The molecule has 1 fully saturated rings. The van der Waals surface area contributed by atoms with Gasteiger partial charge in [-0.3, -0.25) is 9.59 Å². The number of hydrogen-bond donors (Lipinski definition) is 2. The van der Waals surface area contributed by atoms with Gasteiger partial charge in [0, 0.05) is 11.9 Å². The van der Waals surface area contributed by atoms with Crippen molar-refractivity contribution in [3.8, 4) is 0 Å². The van der Waals surface area contributed by atoms with Crippen molar-refractivity contribution in [3.05, 3.63) is 40.3 Å². The summed E-state index contributed by atoms with van der Waals surface area (Å²) >= 11 is 1.97. The Morgan fingerprint density at radius 3 is 2.76 bits per heavy atom. The highest BCUT2D eigenvalue weighted by Gasteiger charge is 2.17. The molecule has 0 aliphatic carbocycles. The van der Waals surface area contributed by atoms with E-state index < -0.39 is 0 Å².